The molecule has 1 rings (SSSR count). The molecule has 0 fully saturated rings. The van der Waals surface area contributed by atoms with Gasteiger partial charge in [0.1, 0.15) is 0 Å². The van der Waals surface area contributed by atoms with Crippen molar-refractivity contribution in [2.24, 2.45) is 0 Å². The summed E-state index contributed by atoms with van der Waals surface area (Å²) in [5.74, 6) is 1.20. The summed E-state index contributed by atoms with van der Waals surface area (Å²) in [6.07, 6.45) is 5.29. The molecule has 0 spiro atoms. The zero-order chi connectivity index (χ0) is 11.3. The Kier molecular flexibility index (Phi) is 4.82. The van der Waals surface area contributed by atoms with Crippen molar-refractivity contribution < 1.29 is 5.11 Å². The van der Waals surface area contributed by atoms with Gasteiger partial charge in [-0.25, -0.2) is 9.97 Å². The molecule has 0 saturated carbocycles. The van der Waals surface area contributed by atoms with Crippen molar-refractivity contribution in [1.82, 2.24) is 9.97 Å². The molecule has 0 saturated heterocycles. The SMILES string of the molecule is CSC[C@](C)(O)CNc1ncc(Br)cn1. The van der Waals surface area contributed by atoms with E-state index in [2.05, 4.69) is 31.2 Å². The van der Waals surface area contributed by atoms with Gasteiger partial charge in [0.25, 0.3) is 0 Å². The predicted octanol–water partition coefficient (Wildman–Crippen LogP) is 1.76. The van der Waals surface area contributed by atoms with Crippen LogP contribution in [0.25, 0.3) is 0 Å². The highest BCUT2D eigenvalue weighted by atomic mass is 79.9. The topological polar surface area (TPSA) is 58.0 Å². The molecule has 0 aliphatic rings. The number of aliphatic hydroxyl groups is 1. The third kappa shape index (κ3) is 4.81. The lowest BCUT2D eigenvalue weighted by atomic mass is 10.1. The molecule has 0 aromatic carbocycles. The van der Waals surface area contributed by atoms with Gasteiger partial charge in [-0.15, -0.1) is 0 Å². The normalized spacial score (nSPS) is 14.7. The van der Waals surface area contributed by atoms with Crippen LogP contribution in [-0.2, 0) is 0 Å². The van der Waals surface area contributed by atoms with Crippen molar-refractivity contribution in [3.63, 3.8) is 0 Å². The number of nitrogens with one attached hydrogen (secondary N) is 1. The van der Waals surface area contributed by atoms with Crippen LogP contribution in [0.1, 0.15) is 6.92 Å². The highest BCUT2D eigenvalue weighted by Crippen LogP contribution is 2.12. The molecule has 2 N–H and O–H groups in total. The van der Waals surface area contributed by atoms with Crippen LogP contribution >= 0.6 is 27.7 Å². The third-order valence-electron chi connectivity index (χ3n) is 1.70. The summed E-state index contributed by atoms with van der Waals surface area (Å²) in [5.41, 5.74) is -0.740. The van der Waals surface area contributed by atoms with Gasteiger partial charge in [-0.05, 0) is 29.1 Å². The first-order valence-corrected chi connectivity index (χ1v) is 6.65. The van der Waals surface area contributed by atoms with E-state index in [1.807, 2.05) is 6.26 Å². The van der Waals surface area contributed by atoms with Gasteiger partial charge in [-0.2, -0.15) is 11.8 Å². The first kappa shape index (κ1) is 12.7. The van der Waals surface area contributed by atoms with Crippen molar-refractivity contribution in [1.29, 1.82) is 0 Å². The van der Waals surface area contributed by atoms with Crippen LogP contribution in [0, 0.1) is 0 Å². The van der Waals surface area contributed by atoms with Crippen molar-refractivity contribution >= 4 is 33.6 Å². The summed E-state index contributed by atoms with van der Waals surface area (Å²) in [6.45, 7) is 2.23. The smallest absolute Gasteiger partial charge is 0.222 e. The van der Waals surface area contributed by atoms with Crippen LogP contribution in [0.5, 0.6) is 0 Å². The molecule has 0 unspecified atom stereocenters. The maximum absolute atomic E-state index is 9.88. The molecule has 84 valence electrons. The zero-order valence-electron chi connectivity index (χ0n) is 8.70. The van der Waals surface area contributed by atoms with Gasteiger partial charge in [0.05, 0.1) is 10.1 Å². The van der Waals surface area contributed by atoms with Crippen LogP contribution in [-0.4, -0.2) is 39.2 Å². The van der Waals surface area contributed by atoms with Crippen LogP contribution in [0.2, 0.25) is 0 Å². The highest BCUT2D eigenvalue weighted by Gasteiger charge is 2.19. The van der Waals surface area contributed by atoms with E-state index in [4.69, 9.17) is 0 Å². The van der Waals surface area contributed by atoms with Gasteiger partial charge in [0.15, 0.2) is 0 Å². The maximum atomic E-state index is 9.88. The molecular formula is C9H14BrN3OS. The number of halogens is 1. The molecule has 0 radical (unpaired) electrons. The van der Waals surface area contributed by atoms with E-state index < -0.39 is 5.60 Å². The number of rotatable bonds is 5. The Morgan fingerprint density at radius 2 is 2.13 bits per heavy atom. The van der Waals surface area contributed by atoms with Crippen molar-refractivity contribution in [3.05, 3.63) is 16.9 Å². The van der Waals surface area contributed by atoms with Crippen LogP contribution in [0.3, 0.4) is 0 Å². The Balaban J connectivity index is 2.46. The summed E-state index contributed by atoms with van der Waals surface area (Å²) in [5, 5.41) is 12.9. The number of aromatic nitrogens is 2. The molecule has 6 heteroatoms. The first-order chi connectivity index (χ1) is 7.03. The minimum Gasteiger partial charge on any atom is -0.387 e. The molecule has 1 aromatic heterocycles. The van der Waals surface area contributed by atoms with E-state index >= 15 is 0 Å². The molecule has 1 atom stereocenters. The largest absolute Gasteiger partial charge is 0.387 e. The van der Waals surface area contributed by atoms with Gasteiger partial charge >= 0.3 is 0 Å². The van der Waals surface area contributed by atoms with E-state index in [1.165, 1.54) is 0 Å². The molecule has 15 heavy (non-hydrogen) atoms. The van der Waals surface area contributed by atoms with Crippen molar-refractivity contribution in [2.45, 2.75) is 12.5 Å². The number of anilines is 1. The second-order valence-corrected chi connectivity index (χ2v) is 5.29. The van der Waals surface area contributed by atoms with Gasteiger partial charge < -0.3 is 10.4 Å². The van der Waals surface area contributed by atoms with Gasteiger partial charge in [0, 0.05) is 24.7 Å². The van der Waals surface area contributed by atoms with Gasteiger partial charge in [0.2, 0.25) is 5.95 Å². The first-order valence-electron chi connectivity index (χ1n) is 4.46. The maximum Gasteiger partial charge on any atom is 0.222 e. The van der Waals surface area contributed by atoms with Gasteiger partial charge in [-0.1, -0.05) is 0 Å². The standard InChI is InChI=1S/C9H14BrN3OS/c1-9(14,6-15-2)5-13-8-11-3-7(10)4-12-8/h3-4,14H,5-6H2,1-2H3,(H,11,12,13)/t9-/m1/s1. The molecule has 0 bridgehead atoms. The molecular weight excluding hydrogens is 278 g/mol. The minimum atomic E-state index is -0.740. The fourth-order valence-electron chi connectivity index (χ4n) is 1.04. The molecule has 4 nitrogen and oxygen atoms in total. The number of hydrogen-bond acceptors (Lipinski definition) is 5. The van der Waals surface area contributed by atoms with E-state index in [0.717, 1.165) is 4.47 Å². The Bertz CT molecular complexity index is 305. The lowest BCUT2D eigenvalue weighted by Gasteiger charge is -2.22. The Morgan fingerprint density at radius 1 is 1.53 bits per heavy atom. The van der Waals surface area contributed by atoms with E-state index in [1.54, 1.807) is 31.1 Å². The minimum absolute atomic E-state index is 0.440. The van der Waals surface area contributed by atoms with Crippen molar-refractivity contribution in [2.75, 3.05) is 23.9 Å². The molecule has 1 aromatic rings. The number of nitrogens with zero attached hydrogens (tertiary/aromatic N) is 2. The second kappa shape index (κ2) is 5.67. The van der Waals surface area contributed by atoms with Crippen LogP contribution < -0.4 is 5.32 Å². The number of thioether (sulfide) groups is 1. The summed E-state index contributed by atoms with van der Waals surface area (Å²) in [6, 6.07) is 0. The molecule has 0 aliphatic heterocycles. The summed E-state index contributed by atoms with van der Waals surface area (Å²) < 4.78 is 0.837. The van der Waals surface area contributed by atoms with Crippen LogP contribution in [0.15, 0.2) is 16.9 Å². The number of hydrogen-bond donors (Lipinski definition) is 2. The van der Waals surface area contributed by atoms with Crippen LogP contribution in [0.4, 0.5) is 5.95 Å². The van der Waals surface area contributed by atoms with Gasteiger partial charge in [-0.3, -0.25) is 0 Å². The van der Waals surface area contributed by atoms with E-state index in [9.17, 15) is 5.11 Å². The average molecular weight is 292 g/mol. The summed E-state index contributed by atoms with van der Waals surface area (Å²) in [7, 11) is 0. The highest BCUT2D eigenvalue weighted by molar-refractivity contribution is 9.10. The van der Waals surface area contributed by atoms with E-state index in [0.29, 0.717) is 18.2 Å². The lowest BCUT2D eigenvalue weighted by molar-refractivity contribution is 0.0995. The average Bonchev–Trinajstić information content (AvgIpc) is 2.17. The fraction of sp³-hybridized carbons (Fsp3) is 0.556. The predicted molar refractivity (Wildman–Crippen MR) is 67.2 cm³/mol. The summed E-state index contributed by atoms with van der Waals surface area (Å²) in [4.78, 5) is 8.11. The quantitative estimate of drug-likeness (QED) is 0.866. The van der Waals surface area contributed by atoms with E-state index in [-0.39, 0.29) is 0 Å². The third-order valence-corrected chi connectivity index (χ3v) is 3.02. The lowest BCUT2D eigenvalue weighted by Crippen LogP contribution is -2.36. The summed E-state index contributed by atoms with van der Waals surface area (Å²) >= 11 is 4.86. The van der Waals surface area contributed by atoms with Crippen molar-refractivity contribution in [3.8, 4) is 0 Å². The monoisotopic (exact) mass is 291 g/mol. The Morgan fingerprint density at radius 3 is 2.67 bits per heavy atom. The molecule has 1 heterocycles. The fourth-order valence-corrected chi connectivity index (χ4v) is 1.96. The molecule has 0 aliphatic carbocycles. The molecule has 0 amide bonds. The Labute approximate surface area is 102 Å². The zero-order valence-corrected chi connectivity index (χ0v) is 11.1. The Hall–Kier alpha value is -0.330. The second-order valence-electron chi connectivity index (χ2n) is 3.51.